The molecule has 6 nitrogen and oxygen atoms in total. The maximum atomic E-state index is 12.5. The van der Waals surface area contributed by atoms with Gasteiger partial charge in [0, 0.05) is 53.9 Å². The largest absolute Gasteiger partial charge is 0.361 e. The van der Waals surface area contributed by atoms with Crippen molar-refractivity contribution in [3.8, 4) is 0 Å². The molecule has 0 bridgehead atoms. The number of amides is 1. The first-order chi connectivity index (χ1) is 12.1. The lowest BCUT2D eigenvalue weighted by atomic mass is 10.1. The fraction of sp³-hybridized carbons (Fsp3) is 0.368. The maximum absolute atomic E-state index is 12.5. The van der Waals surface area contributed by atoms with Crippen molar-refractivity contribution in [1.29, 1.82) is 0 Å². The summed E-state index contributed by atoms with van der Waals surface area (Å²) >= 11 is 0. The third kappa shape index (κ3) is 3.17. The van der Waals surface area contributed by atoms with Crippen LogP contribution in [-0.2, 0) is 6.54 Å². The first kappa shape index (κ1) is 15.9. The van der Waals surface area contributed by atoms with E-state index in [-0.39, 0.29) is 11.9 Å². The molecule has 4 rings (SSSR count). The number of aryl methyl sites for hydroxylation is 2. The molecule has 0 radical (unpaired) electrons. The molecular weight excluding hydrogens is 316 g/mol. The van der Waals surface area contributed by atoms with Crippen molar-refractivity contribution in [3.05, 3.63) is 53.0 Å². The van der Waals surface area contributed by atoms with Crippen molar-refractivity contribution in [2.45, 2.75) is 32.9 Å². The highest BCUT2D eigenvalue weighted by Gasteiger charge is 2.25. The van der Waals surface area contributed by atoms with Gasteiger partial charge in [-0.3, -0.25) is 9.69 Å². The molecule has 1 fully saturated rings. The second-order valence-electron chi connectivity index (χ2n) is 6.78. The maximum Gasteiger partial charge on any atom is 0.251 e. The quantitative estimate of drug-likeness (QED) is 0.767. The normalized spacial score (nSPS) is 18.1. The Kier molecular flexibility index (Phi) is 4.05. The van der Waals surface area contributed by atoms with E-state index in [9.17, 15) is 4.79 Å². The lowest BCUT2D eigenvalue weighted by Gasteiger charge is -2.16. The molecule has 1 amide bonds. The number of aromatic nitrogens is 2. The van der Waals surface area contributed by atoms with Gasteiger partial charge in [0.15, 0.2) is 0 Å². The summed E-state index contributed by atoms with van der Waals surface area (Å²) < 4.78 is 5.23. The molecule has 6 heteroatoms. The van der Waals surface area contributed by atoms with Gasteiger partial charge >= 0.3 is 0 Å². The van der Waals surface area contributed by atoms with E-state index < -0.39 is 0 Å². The number of likely N-dealkylation sites (tertiary alicyclic amines) is 1. The minimum atomic E-state index is -0.00714. The monoisotopic (exact) mass is 338 g/mol. The Morgan fingerprint density at radius 3 is 3.08 bits per heavy atom. The first-order valence-electron chi connectivity index (χ1n) is 8.62. The molecule has 25 heavy (non-hydrogen) atoms. The van der Waals surface area contributed by atoms with Gasteiger partial charge in [0.2, 0.25) is 0 Å². The van der Waals surface area contributed by atoms with Crippen molar-refractivity contribution in [1.82, 2.24) is 20.4 Å². The highest BCUT2D eigenvalue weighted by Crippen LogP contribution is 2.19. The lowest BCUT2D eigenvalue weighted by molar-refractivity contribution is 0.0937. The average Bonchev–Trinajstić information content (AvgIpc) is 3.31. The molecule has 2 aromatic heterocycles. The minimum absolute atomic E-state index is 0.00714. The highest BCUT2D eigenvalue weighted by atomic mass is 16.5. The van der Waals surface area contributed by atoms with Crippen molar-refractivity contribution in [3.63, 3.8) is 0 Å². The molecule has 0 unspecified atom stereocenters. The van der Waals surface area contributed by atoms with Crippen LogP contribution in [0, 0.1) is 13.8 Å². The summed E-state index contributed by atoms with van der Waals surface area (Å²) in [5, 5.41) is 8.23. The van der Waals surface area contributed by atoms with Crippen LogP contribution in [0.2, 0.25) is 0 Å². The molecule has 0 aliphatic carbocycles. The Morgan fingerprint density at radius 2 is 2.28 bits per heavy atom. The Bertz CT molecular complexity index is 892. The fourth-order valence-corrected chi connectivity index (χ4v) is 3.51. The molecule has 1 saturated heterocycles. The number of fused-ring (bicyclic) bond motifs is 1. The lowest BCUT2D eigenvalue weighted by Crippen LogP contribution is -2.37. The second-order valence-corrected chi connectivity index (χ2v) is 6.78. The van der Waals surface area contributed by atoms with Gasteiger partial charge in [-0.25, -0.2) is 0 Å². The van der Waals surface area contributed by atoms with E-state index >= 15 is 0 Å². The SMILES string of the molecule is Cc1noc(C)c1CN1CC[C@@H](NC(=O)c2ccc3[nH]ccc3c2)C1. The number of H-pyrrole nitrogens is 1. The van der Waals surface area contributed by atoms with E-state index in [0.717, 1.165) is 54.0 Å². The second kappa shape index (κ2) is 6.37. The van der Waals surface area contributed by atoms with Gasteiger partial charge < -0.3 is 14.8 Å². The minimum Gasteiger partial charge on any atom is -0.361 e. The molecular formula is C19H22N4O2. The van der Waals surface area contributed by atoms with Gasteiger partial charge in [0.25, 0.3) is 5.91 Å². The molecule has 3 heterocycles. The average molecular weight is 338 g/mol. The Labute approximate surface area is 146 Å². The van der Waals surface area contributed by atoms with Crippen LogP contribution in [0.4, 0.5) is 0 Å². The van der Waals surface area contributed by atoms with Crippen molar-refractivity contribution in [2.75, 3.05) is 13.1 Å². The van der Waals surface area contributed by atoms with Crippen molar-refractivity contribution < 1.29 is 9.32 Å². The van der Waals surface area contributed by atoms with Gasteiger partial charge in [0.05, 0.1) is 5.69 Å². The smallest absolute Gasteiger partial charge is 0.251 e. The van der Waals surface area contributed by atoms with Crippen LogP contribution >= 0.6 is 0 Å². The number of hydrogen-bond donors (Lipinski definition) is 2. The summed E-state index contributed by atoms with van der Waals surface area (Å²) in [7, 11) is 0. The standard InChI is InChI=1S/C19H22N4O2/c1-12-17(13(2)25-22-12)11-23-8-6-16(10-23)21-19(24)15-3-4-18-14(9-15)5-7-20-18/h3-5,7,9,16,20H,6,8,10-11H2,1-2H3,(H,21,24)/t16-/m1/s1. The third-order valence-corrected chi connectivity index (χ3v) is 4.99. The van der Waals surface area contributed by atoms with Crippen molar-refractivity contribution in [2.24, 2.45) is 0 Å². The molecule has 130 valence electrons. The number of nitrogens with zero attached hydrogens (tertiary/aromatic N) is 2. The van der Waals surface area contributed by atoms with Crippen molar-refractivity contribution >= 4 is 16.8 Å². The zero-order valence-corrected chi connectivity index (χ0v) is 14.5. The number of rotatable bonds is 4. The van der Waals surface area contributed by atoms with Gasteiger partial charge in [-0.05, 0) is 44.5 Å². The molecule has 0 saturated carbocycles. The molecule has 1 aliphatic heterocycles. The van der Waals surface area contributed by atoms with E-state index in [4.69, 9.17) is 4.52 Å². The van der Waals surface area contributed by atoms with Gasteiger partial charge in [-0.2, -0.15) is 0 Å². The molecule has 3 aromatic rings. The molecule has 0 spiro atoms. The molecule has 1 aliphatic rings. The van der Waals surface area contributed by atoms with Gasteiger partial charge in [0.1, 0.15) is 5.76 Å². The van der Waals surface area contributed by atoms with Crippen LogP contribution in [0.25, 0.3) is 10.9 Å². The summed E-state index contributed by atoms with van der Waals surface area (Å²) in [5.74, 6) is 0.872. The van der Waals surface area contributed by atoms with Crippen LogP contribution < -0.4 is 5.32 Å². The number of aromatic amines is 1. The summed E-state index contributed by atoms with van der Waals surface area (Å²) in [6.45, 7) is 6.55. The van der Waals surface area contributed by atoms with Gasteiger partial charge in [-0.15, -0.1) is 0 Å². The zero-order chi connectivity index (χ0) is 17.4. The third-order valence-electron chi connectivity index (χ3n) is 4.99. The number of hydrogen-bond acceptors (Lipinski definition) is 4. The number of carbonyl (C=O) groups excluding carboxylic acids is 1. The van der Waals surface area contributed by atoms with E-state index in [1.54, 1.807) is 0 Å². The summed E-state index contributed by atoms with van der Waals surface area (Å²) in [5.41, 5.74) is 3.86. The van der Waals surface area contributed by atoms with E-state index in [2.05, 4.69) is 20.4 Å². The summed E-state index contributed by atoms with van der Waals surface area (Å²) in [6, 6.07) is 7.90. The van der Waals surface area contributed by atoms with E-state index in [1.807, 2.05) is 44.3 Å². The number of benzene rings is 1. The highest BCUT2D eigenvalue weighted by molar-refractivity contribution is 5.98. The van der Waals surface area contributed by atoms with Crippen LogP contribution in [0.5, 0.6) is 0 Å². The Hall–Kier alpha value is -2.60. The Morgan fingerprint density at radius 1 is 1.40 bits per heavy atom. The number of nitrogens with one attached hydrogen (secondary N) is 2. The van der Waals surface area contributed by atoms with Crippen LogP contribution in [0.1, 0.15) is 33.8 Å². The molecule has 1 atom stereocenters. The van der Waals surface area contributed by atoms with Crippen LogP contribution in [0.15, 0.2) is 35.0 Å². The van der Waals surface area contributed by atoms with E-state index in [1.165, 1.54) is 0 Å². The summed E-state index contributed by atoms with van der Waals surface area (Å²) in [4.78, 5) is 18.0. The predicted molar refractivity (Wildman–Crippen MR) is 95.4 cm³/mol. The van der Waals surface area contributed by atoms with Gasteiger partial charge in [-0.1, -0.05) is 5.16 Å². The molecule has 1 aromatic carbocycles. The summed E-state index contributed by atoms with van der Waals surface area (Å²) in [6.07, 6.45) is 2.84. The first-order valence-corrected chi connectivity index (χ1v) is 8.62. The van der Waals surface area contributed by atoms with E-state index in [0.29, 0.717) is 5.56 Å². The topological polar surface area (TPSA) is 74.2 Å². The molecule has 2 N–H and O–H groups in total. The predicted octanol–water partition coefficient (Wildman–Crippen LogP) is 2.78. The fourth-order valence-electron chi connectivity index (χ4n) is 3.51. The number of carbonyl (C=O) groups is 1. The van der Waals surface area contributed by atoms with Crippen LogP contribution in [-0.4, -0.2) is 40.1 Å². The zero-order valence-electron chi connectivity index (χ0n) is 14.5. The van der Waals surface area contributed by atoms with Crippen LogP contribution in [0.3, 0.4) is 0 Å². The Balaban J connectivity index is 1.38.